The van der Waals surface area contributed by atoms with E-state index in [1.807, 2.05) is 46.8 Å². The van der Waals surface area contributed by atoms with Crippen LogP contribution in [0, 0.1) is 0 Å². The number of hydrogen-bond donors (Lipinski definition) is 1. The Morgan fingerprint density at radius 2 is 2.23 bits per heavy atom. The molecular weight excluding hydrogens is 278 g/mol. The van der Waals surface area contributed by atoms with Crippen LogP contribution in [0.5, 0.6) is 0 Å². The van der Waals surface area contributed by atoms with Crippen molar-refractivity contribution in [3.05, 3.63) is 42.5 Å². The molecule has 22 heavy (non-hydrogen) atoms. The summed E-state index contributed by atoms with van der Waals surface area (Å²) in [5.41, 5.74) is 1.02. The molecule has 0 bridgehead atoms. The van der Waals surface area contributed by atoms with E-state index in [0.29, 0.717) is 18.9 Å². The highest BCUT2D eigenvalue weighted by molar-refractivity contribution is 5.76. The molecule has 3 rings (SSSR count). The quantitative estimate of drug-likeness (QED) is 0.895. The lowest BCUT2D eigenvalue weighted by atomic mass is 10.2. The second kappa shape index (κ2) is 6.70. The molecule has 1 aliphatic heterocycles. The summed E-state index contributed by atoms with van der Waals surface area (Å²) < 4.78 is 1.93. The van der Waals surface area contributed by atoms with E-state index in [4.69, 9.17) is 0 Å². The van der Waals surface area contributed by atoms with Gasteiger partial charge in [0.05, 0.1) is 0 Å². The zero-order valence-electron chi connectivity index (χ0n) is 12.8. The minimum Gasteiger partial charge on any atom is -0.341 e. The van der Waals surface area contributed by atoms with Gasteiger partial charge in [0, 0.05) is 38.2 Å². The molecule has 0 saturated carbocycles. The van der Waals surface area contributed by atoms with Crippen molar-refractivity contribution in [2.24, 2.45) is 0 Å². The summed E-state index contributed by atoms with van der Waals surface area (Å²) in [6.07, 6.45) is 3.78. The first-order chi connectivity index (χ1) is 10.8. The van der Waals surface area contributed by atoms with Gasteiger partial charge in [0.25, 0.3) is 0 Å². The number of nitrogens with one attached hydrogen (secondary N) is 1. The molecule has 0 radical (unpaired) electrons. The van der Waals surface area contributed by atoms with Crippen molar-refractivity contribution in [2.75, 3.05) is 20.1 Å². The zero-order valence-corrected chi connectivity index (χ0v) is 12.8. The molecule has 1 aliphatic rings. The third kappa shape index (κ3) is 3.17. The largest absolute Gasteiger partial charge is 0.341 e. The van der Waals surface area contributed by atoms with Crippen LogP contribution >= 0.6 is 0 Å². The molecule has 0 spiro atoms. The van der Waals surface area contributed by atoms with Gasteiger partial charge in [-0.05, 0) is 25.1 Å². The topological polar surface area (TPSA) is 63.1 Å². The summed E-state index contributed by atoms with van der Waals surface area (Å²) in [6, 6.07) is 10.3. The summed E-state index contributed by atoms with van der Waals surface area (Å²) in [4.78, 5) is 14.2. The van der Waals surface area contributed by atoms with E-state index in [0.717, 1.165) is 31.0 Å². The van der Waals surface area contributed by atoms with Gasteiger partial charge >= 0.3 is 0 Å². The van der Waals surface area contributed by atoms with Gasteiger partial charge in [-0.2, -0.15) is 0 Å². The maximum absolute atomic E-state index is 12.3. The Bertz CT molecular complexity index is 618. The predicted octanol–water partition coefficient (Wildman–Crippen LogP) is 1.02. The number of likely N-dealkylation sites (N-methyl/N-ethyl adjacent to an activating group) is 1. The molecule has 1 fully saturated rings. The van der Waals surface area contributed by atoms with Crippen LogP contribution in [-0.2, 0) is 11.2 Å². The number of carbonyl (C=O) groups is 1. The number of benzene rings is 1. The Balaban J connectivity index is 1.62. The first kappa shape index (κ1) is 14.7. The Labute approximate surface area is 130 Å². The minimum atomic E-state index is 0.163. The number of nitrogens with zero attached hydrogens (tertiary/aromatic N) is 4. The smallest absolute Gasteiger partial charge is 0.223 e. The first-order valence-corrected chi connectivity index (χ1v) is 7.66. The summed E-state index contributed by atoms with van der Waals surface area (Å²) in [5, 5.41) is 11.4. The highest BCUT2D eigenvalue weighted by Crippen LogP contribution is 2.12. The standard InChI is InChI=1S/C16H21N5O/c1-20(14-9-10-17-11-14)16(22)8-7-15-19-18-12-21(15)13-5-3-2-4-6-13/h2-6,12,14,17H,7-11H2,1H3/t14-/m0/s1. The maximum atomic E-state index is 12.3. The third-order valence-electron chi connectivity index (χ3n) is 4.19. The van der Waals surface area contributed by atoms with Crippen LogP contribution in [0.4, 0.5) is 0 Å². The van der Waals surface area contributed by atoms with Gasteiger partial charge in [-0.3, -0.25) is 9.36 Å². The van der Waals surface area contributed by atoms with Crippen LogP contribution in [0.2, 0.25) is 0 Å². The Morgan fingerprint density at radius 3 is 2.95 bits per heavy atom. The van der Waals surface area contributed by atoms with E-state index in [1.54, 1.807) is 6.33 Å². The average Bonchev–Trinajstić information content (AvgIpc) is 3.24. The van der Waals surface area contributed by atoms with E-state index in [-0.39, 0.29) is 5.91 Å². The van der Waals surface area contributed by atoms with Crippen molar-refractivity contribution in [1.29, 1.82) is 0 Å². The van der Waals surface area contributed by atoms with Crippen molar-refractivity contribution < 1.29 is 4.79 Å². The van der Waals surface area contributed by atoms with Gasteiger partial charge in [-0.15, -0.1) is 10.2 Å². The molecule has 1 amide bonds. The van der Waals surface area contributed by atoms with E-state index >= 15 is 0 Å². The molecule has 116 valence electrons. The number of carbonyl (C=O) groups excluding carboxylic acids is 1. The van der Waals surface area contributed by atoms with E-state index < -0.39 is 0 Å². The SMILES string of the molecule is CN(C(=O)CCc1nncn1-c1ccccc1)[C@H]1CCNC1. The van der Waals surface area contributed by atoms with Gasteiger partial charge in [-0.25, -0.2) is 0 Å². The summed E-state index contributed by atoms with van der Waals surface area (Å²) in [6.45, 7) is 1.88. The van der Waals surface area contributed by atoms with E-state index in [1.165, 1.54) is 0 Å². The number of aryl methyl sites for hydroxylation is 1. The van der Waals surface area contributed by atoms with Crippen LogP contribution in [0.15, 0.2) is 36.7 Å². The Kier molecular flexibility index (Phi) is 4.48. The maximum Gasteiger partial charge on any atom is 0.223 e. The lowest BCUT2D eigenvalue weighted by Gasteiger charge is -2.23. The fourth-order valence-electron chi connectivity index (χ4n) is 2.80. The third-order valence-corrected chi connectivity index (χ3v) is 4.19. The fraction of sp³-hybridized carbons (Fsp3) is 0.438. The Hall–Kier alpha value is -2.21. The second-order valence-corrected chi connectivity index (χ2v) is 5.60. The number of aromatic nitrogens is 3. The lowest BCUT2D eigenvalue weighted by Crippen LogP contribution is -2.38. The molecule has 6 nitrogen and oxygen atoms in total. The zero-order chi connectivity index (χ0) is 15.4. The van der Waals surface area contributed by atoms with Crippen molar-refractivity contribution in [2.45, 2.75) is 25.3 Å². The van der Waals surface area contributed by atoms with Gasteiger partial charge in [0.2, 0.25) is 5.91 Å². The molecule has 1 N–H and O–H groups in total. The normalized spacial score (nSPS) is 17.6. The predicted molar refractivity (Wildman–Crippen MR) is 83.7 cm³/mol. The van der Waals surface area contributed by atoms with Crippen molar-refractivity contribution in [3.8, 4) is 5.69 Å². The van der Waals surface area contributed by atoms with E-state index in [2.05, 4.69) is 15.5 Å². The van der Waals surface area contributed by atoms with Gasteiger partial charge in [0.1, 0.15) is 12.2 Å². The van der Waals surface area contributed by atoms with Gasteiger partial charge in [0.15, 0.2) is 0 Å². The fourth-order valence-corrected chi connectivity index (χ4v) is 2.80. The summed E-state index contributed by atoms with van der Waals surface area (Å²) >= 11 is 0. The first-order valence-electron chi connectivity index (χ1n) is 7.66. The number of amides is 1. The molecule has 1 aromatic carbocycles. The summed E-state index contributed by atoms with van der Waals surface area (Å²) in [5.74, 6) is 0.980. The van der Waals surface area contributed by atoms with Gasteiger partial charge in [-0.1, -0.05) is 18.2 Å². The minimum absolute atomic E-state index is 0.163. The van der Waals surface area contributed by atoms with Crippen LogP contribution in [-0.4, -0.2) is 51.8 Å². The molecule has 0 unspecified atom stereocenters. The molecular formula is C16H21N5O. The number of para-hydroxylation sites is 1. The van der Waals surface area contributed by atoms with E-state index in [9.17, 15) is 4.79 Å². The second-order valence-electron chi connectivity index (χ2n) is 5.60. The molecule has 1 saturated heterocycles. The molecule has 0 aliphatic carbocycles. The number of hydrogen-bond acceptors (Lipinski definition) is 4. The molecule has 1 aromatic heterocycles. The van der Waals surface area contributed by atoms with Crippen molar-refractivity contribution in [3.63, 3.8) is 0 Å². The molecule has 6 heteroatoms. The monoisotopic (exact) mass is 299 g/mol. The van der Waals surface area contributed by atoms with Crippen LogP contribution in [0.3, 0.4) is 0 Å². The van der Waals surface area contributed by atoms with Gasteiger partial charge < -0.3 is 10.2 Å². The Morgan fingerprint density at radius 1 is 1.41 bits per heavy atom. The van der Waals surface area contributed by atoms with Crippen molar-refractivity contribution >= 4 is 5.91 Å². The van der Waals surface area contributed by atoms with Crippen molar-refractivity contribution in [1.82, 2.24) is 25.0 Å². The van der Waals surface area contributed by atoms with Crippen LogP contribution in [0.1, 0.15) is 18.7 Å². The van der Waals surface area contributed by atoms with Crippen LogP contribution < -0.4 is 5.32 Å². The lowest BCUT2D eigenvalue weighted by molar-refractivity contribution is -0.131. The van der Waals surface area contributed by atoms with Crippen LogP contribution in [0.25, 0.3) is 5.69 Å². The highest BCUT2D eigenvalue weighted by Gasteiger charge is 2.23. The highest BCUT2D eigenvalue weighted by atomic mass is 16.2. The molecule has 1 atom stereocenters. The summed E-state index contributed by atoms with van der Waals surface area (Å²) in [7, 11) is 1.89. The molecule has 2 heterocycles. The molecule has 2 aromatic rings. The number of rotatable bonds is 5. The average molecular weight is 299 g/mol.